The fraction of sp³-hybridized carbons (Fsp3) is 1.00. The predicted octanol–water partition coefficient (Wildman–Crippen LogP) is 2.52. The minimum atomic E-state index is -4.52. The van der Waals surface area contributed by atoms with Crippen LogP contribution in [0.1, 0.15) is 19.3 Å². The van der Waals surface area contributed by atoms with Crippen LogP contribution in [-0.2, 0) is 4.74 Å². The van der Waals surface area contributed by atoms with E-state index < -0.39 is 6.36 Å². The zero-order chi connectivity index (χ0) is 11.3. The average Bonchev–Trinajstić information content (AvgIpc) is 2.58. The lowest BCUT2D eigenvalue weighted by Crippen LogP contribution is -2.36. The Kier molecular flexibility index (Phi) is 5.15. The fourth-order valence-electron chi connectivity index (χ4n) is 1.90. The molecule has 2 atom stereocenters. The van der Waals surface area contributed by atoms with E-state index in [4.69, 9.17) is 11.6 Å². The van der Waals surface area contributed by atoms with Crippen LogP contribution >= 0.6 is 11.6 Å². The molecule has 0 bridgehead atoms. The second-order valence-electron chi connectivity index (χ2n) is 3.70. The number of nitrogens with one attached hydrogen (secondary N) is 1. The molecule has 0 aliphatic heterocycles. The maximum atomic E-state index is 11.6. The molecule has 1 aliphatic carbocycles. The van der Waals surface area contributed by atoms with Gasteiger partial charge in [-0.3, -0.25) is 4.74 Å². The molecule has 0 spiro atoms. The van der Waals surface area contributed by atoms with Crippen LogP contribution < -0.4 is 5.32 Å². The Morgan fingerprint density at radius 3 is 2.67 bits per heavy atom. The number of ether oxygens (including phenoxy) is 1. The first-order valence-corrected chi connectivity index (χ1v) is 5.56. The first-order chi connectivity index (χ1) is 7.03. The monoisotopic (exact) mass is 245 g/mol. The average molecular weight is 246 g/mol. The normalized spacial score (nSPS) is 27.2. The summed E-state index contributed by atoms with van der Waals surface area (Å²) in [5.41, 5.74) is 0. The number of hydrogen-bond donors (Lipinski definition) is 1. The standard InChI is InChI=1S/C9H15ClF3NO/c10-6-7-2-1-3-8(7)14-4-5-15-9(11,12)13/h7-8,14H,1-6H2. The van der Waals surface area contributed by atoms with Crippen LogP contribution in [0.4, 0.5) is 13.2 Å². The van der Waals surface area contributed by atoms with Crippen LogP contribution in [0.5, 0.6) is 0 Å². The van der Waals surface area contributed by atoms with Crippen molar-refractivity contribution in [3.8, 4) is 0 Å². The summed E-state index contributed by atoms with van der Waals surface area (Å²) in [6.07, 6.45) is -1.39. The molecule has 1 fully saturated rings. The van der Waals surface area contributed by atoms with Gasteiger partial charge >= 0.3 is 6.36 Å². The molecule has 90 valence electrons. The highest BCUT2D eigenvalue weighted by Gasteiger charge is 2.29. The lowest BCUT2D eigenvalue weighted by molar-refractivity contribution is -0.323. The van der Waals surface area contributed by atoms with Crippen molar-refractivity contribution in [2.75, 3.05) is 19.0 Å². The minimum Gasteiger partial charge on any atom is -0.311 e. The third-order valence-corrected chi connectivity index (χ3v) is 3.03. The summed E-state index contributed by atoms with van der Waals surface area (Å²) in [5, 5.41) is 3.05. The maximum Gasteiger partial charge on any atom is 0.522 e. The quantitative estimate of drug-likeness (QED) is 0.594. The third-order valence-electron chi connectivity index (χ3n) is 2.63. The molecule has 0 amide bonds. The van der Waals surface area contributed by atoms with E-state index in [1.807, 2.05) is 0 Å². The van der Waals surface area contributed by atoms with Gasteiger partial charge < -0.3 is 5.32 Å². The molecule has 6 heteroatoms. The van der Waals surface area contributed by atoms with Gasteiger partial charge in [-0.15, -0.1) is 24.8 Å². The SMILES string of the molecule is FC(F)(F)OCCNC1CCCC1CCl. The molecule has 0 saturated heterocycles. The predicted molar refractivity (Wildman–Crippen MR) is 51.9 cm³/mol. The molecule has 0 heterocycles. The van der Waals surface area contributed by atoms with Gasteiger partial charge in [-0.05, 0) is 18.8 Å². The number of halogens is 4. The van der Waals surface area contributed by atoms with Crippen LogP contribution in [0.25, 0.3) is 0 Å². The lowest BCUT2D eigenvalue weighted by Gasteiger charge is -2.18. The van der Waals surface area contributed by atoms with Crippen LogP contribution in [0.3, 0.4) is 0 Å². The van der Waals surface area contributed by atoms with Gasteiger partial charge in [0.1, 0.15) is 0 Å². The summed E-state index contributed by atoms with van der Waals surface area (Å²) < 4.78 is 38.5. The van der Waals surface area contributed by atoms with E-state index in [2.05, 4.69) is 10.1 Å². The highest BCUT2D eigenvalue weighted by atomic mass is 35.5. The molecular formula is C9H15ClF3NO. The van der Waals surface area contributed by atoms with Gasteiger partial charge in [-0.25, -0.2) is 0 Å². The lowest BCUT2D eigenvalue weighted by atomic mass is 10.1. The number of rotatable bonds is 5. The van der Waals surface area contributed by atoms with E-state index in [1.54, 1.807) is 0 Å². The van der Waals surface area contributed by atoms with E-state index in [-0.39, 0.29) is 19.2 Å². The largest absolute Gasteiger partial charge is 0.522 e. The highest BCUT2D eigenvalue weighted by molar-refractivity contribution is 6.18. The summed E-state index contributed by atoms with van der Waals surface area (Å²) in [6, 6.07) is 0.249. The molecule has 0 aromatic heterocycles. The van der Waals surface area contributed by atoms with Gasteiger partial charge in [0.2, 0.25) is 0 Å². The van der Waals surface area contributed by atoms with Crippen LogP contribution in [-0.4, -0.2) is 31.4 Å². The van der Waals surface area contributed by atoms with Crippen molar-refractivity contribution in [3.63, 3.8) is 0 Å². The third kappa shape index (κ3) is 5.04. The molecular weight excluding hydrogens is 231 g/mol. The van der Waals surface area contributed by atoms with Gasteiger partial charge in [-0.1, -0.05) is 6.42 Å². The van der Waals surface area contributed by atoms with Gasteiger partial charge in [0, 0.05) is 18.5 Å². The van der Waals surface area contributed by atoms with E-state index in [9.17, 15) is 13.2 Å². The topological polar surface area (TPSA) is 21.3 Å². The Labute approximate surface area is 92.1 Å². The molecule has 0 aromatic rings. The Bertz CT molecular complexity index is 189. The second-order valence-corrected chi connectivity index (χ2v) is 4.01. The Morgan fingerprint density at radius 1 is 1.33 bits per heavy atom. The molecule has 1 rings (SSSR count). The Morgan fingerprint density at radius 2 is 2.07 bits per heavy atom. The van der Waals surface area contributed by atoms with Gasteiger partial charge in [0.15, 0.2) is 0 Å². The zero-order valence-corrected chi connectivity index (χ0v) is 9.07. The van der Waals surface area contributed by atoms with E-state index in [0.717, 1.165) is 19.3 Å². The first kappa shape index (κ1) is 13.1. The molecule has 1 N–H and O–H groups in total. The van der Waals surface area contributed by atoms with E-state index in [1.165, 1.54) is 0 Å². The number of alkyl halides is 4. The van der Waals surface area contributed by atoms with Crippen molar-refractivity contribution in [3.05, 3.63) is 0 Å². The van der Waals surface area contributed by atoms with Crippen molar-refractivity contribution in [2.24, 2.45) is 5.92 Å². The maximum absolute atomic E-state index is 11.6. The summed E-state index contributed by atoms with van der Waals surface area (Å²) in [7, 11) is 0. The summed E-state index contributed by atoms with van der Waals surface area (Å²) in [6.45, 7) is -0.118. The van der Waals surface area contributed by atoms with E-state index in [0.29, 0.717) is 11.8 Å². The smallest absolute Gasteiger partial charge is 0.311 e. The number of hydrogen-bond acceptors (Lipinski definition) is 2. The minimum absolute atomic E-state index is 0.220. The molecule has 0 aromatic carbocycles. The second kappa shape index (κ2) is 5.92. The van der Waals surface area contributed by atoms with Crippen molar-refractivity contribution < 1.29 is 17.9 Å². The van der Waals surface area contributed by atoms with Crippen molar-refractivity contribution in [1.29, 1.82) is 0 Å². The molecule has 1 saturated carbocycles. The van der Waals surface area contributed by atoms with Gasteiger partial charge in [0.25, 0.3) is 0 Å². The summed E-state index contributed by atoms with van der Waals surface area (Å²) in [4.78, 5) is 0. The molecule has 2 nitrogen and oxygen atoms in total. The fourth-order valence-corrected chi connectivity index (χ4v) is 2.27. The van der Waals surface area contributed by atoms with Gasteiger partial charge in [0.05, 0.1) is 6.61 Å². The van der Waals surface area contributed by atoms with Crippen molar-refractivity contribution in [2.45, 2.75) is 31.7 Å². The van der Waals surface area contributed by atoms with Gasteiger partial charge in [-0.2, -0.15) is 0 Å². The van der Waals surface area contributed by atoms with Crippen LogP contribution in [0.2, 0.25) is 0 Å². The molecule has 2 unspecified atom stereocenters. The Balaban J connectivity index is 2.09. The van der Waals surface area contributed by atoms with Crippen molar-refractivity contribution >= 4 is 11.6 Å². The molecule has 1 aliphatic rings. The molecule has 15 heavy (non-hydrogen) atoms. The summed E-state index contributed by atoms with van der Waals surface area (Å²) >= 11 is 5.74. The summed E-state index contributed by atoms with van der Waals surface area (Å²) in [5.74, 6) is 0.954. The van der Waals surface area contributed by atoms with Crippen molar-refractivity contribution in [1.82, 2.24) is 5.32 Å². The van der Waals surface area contributed by atoms with Crippen LogP contribution in [0, 0.1) is 5.92 Å². The highest BCUT2D eigenvalue weighted by Crippen LogP contribution is 2.26. The first-order valence-electron chi connectivity index (χ1n) is 5.03. The zero-order valence-electron chi connectivity index (χ0n) is 8.32. The molecule has 0 radical (unpaired) electrons. The Hall–Kier alpha value is 0. The van der Waals surface area contributed by atoms with Crippen LogP contribution in [0.15, 0.2) is 0 Å². The van der Waals surface area contributed by atoms with E-state index >= 15 is 0 Å².